The van der Waals surface area contributed by atoms with Crippen molar-refractivity contribution in [1.29, 1.82) is 0 Å². The SMILES string of the molecule is CCn1cc(CN(C)C(=O)c2ccc(C)c(NC(=O)C3CCC(=O)N3)c2)cn1. The molecular formula is C20H25N5O3. The van der Waals surface area contributed by atoms with Crippen molar-refractivity contribution in [2.75, 3.05) is 12.4 Å². The summed E-state index contributed by atoms with van der Waals surface area (Å²) in [6.45, 7) is 5.09. The number of aryl methyl sites for hydroxylation is 2. The number of aromatic nitrogens is 2. The molecule has 8 heteroatoms. The highest BCUT2D eigenvalue weighted by atomic mass is 16.2. The fourth-order valence-electron chi connectivity index (χ4n) is 3.15. The van der Waals surface area contributed by atoms with Crippen molar-refractivity contribution >= 4 is 23.4 Å². The Kier molecular flexibility index (Phi) is 5.77. The molecule has 28 heavy (non-hydrogen) atoms. The molecule has 8 nitrogen and oxygen atoms in total. The number of hydrogen-bond donors (Lipinski definition) is 2. The van der Waals surface area contributed by atoms with Crippen LogP contribution < -0.4 is 10.6 Å². The predicted octanol–water partition coefficient (Wildman–Crippen LogP) is 1.70. The molecule has 2 aromatic rings. The molecule has 0 aliphatic carbocycles. The Balaban J connectivity index is 1.69. The van der Waals surface area contributed by atoms with Crippen LogP contribution in [0.5, 0.6) is 0 Å². The third kappa shape index (κ3) is 4.39. The van der Waals surface area contributed by atoms with Gasteiger partial charge in [0, 0.05) is 49.6 Å². The average Bonchev–Trinajstić information content (AvgIpc) is 3.31. The van der Waals surface area contributed by atoms with Crippen LogP contribution in [0.2, 0.25) is 0 Å². The van der Waals surface area contributed by atoms with E-state index in [0.717, 1.165) is 17.7 Å². The Labute approximate surface area is 163 Å². The first-order chi connectivity index (χ1) is 13.4. The first kappa shape index (κ1) is 19.6. The topological polar surface area (TPSA) is 96.3 Å². The summed E-state index contributed by atoms with van der Waals surface area (Å²) in [6.07, 6.45) is 4.51. The largest absolute Gasteiger partial charge is 0.344 e. The van der Waals surface area contributed by atoms with E-state index in [1.54, 1.807) is 36.3 Å². The molecule has 0 bridgehead atoms. The molecule has 0 radical (unpaired) electrons. The van der Waals surface area contributed by atoms with Gasteiger partial charge < -0.3 is 15.5 Å². The standard InChI is InChI=1S/C20H25N5O3/c1-4-25-12-14(10-21-25)11-24(3)20(28)15-6-5-13(2)17(9-15)23-19(27)16-7-8-18(26)22-16/h5-6,9-10,12,16H,4,7-8,11H2,1-3H3,(H,22,26)(H,23,27). The van der Waals surface area contributed by atoms with E-state index < -0.39 is 6.04 Å². The number of nitrogens with one attached hydrogen (secondary N) is 2. The van der Waals surface area contributed by atoms with Crippen molar-refractivity contribution in [3.8, 4) is 0 Å². The third-order valence-electron chi connectivity index (χ3n) is 4.83. The van der Waals surface area contributed by atoms with E-state index in [0.29, 0.717) is 30.6 Å². The van der Waals surface area contributed by atoms with Crippen molar-refractivity contribution in [3.63, 3.8) is 0 Å². The maximum absolute atomic E-state index is 12.8. The third-order valence-corrected chi connectivity index (χ3v) is 4.83. The van der Waals surface area contributed by atoms with Crippen molar-refractivity contribution in [2.24, 2.45) is 0 Å². The summed E-state index contributed by atoms with van der Waals surface area (Å²) in [5.74, 6) is -0.526. The lowest BCUT2D eigenvalue weighted by Crippen LogP contribution is -2.37. The number of rotatable bonds is 6. The lowest BCUT2D eigenvalue weighted by molar-refractivity contribution is -0.122. The van der Waals surface area contributed by atoms with E-state index in [2.05, 4.69) is 15.7 Å². The Morgan fingerprint density at radius 2 is 2.18 bits per heavy atom. The lowest BCUT2D eigenvalue weighted by Gasteiger charge is -2.18. The molecule has 1 aromatic heterocycles. The van der Waals surface area contributed by atoms with Gasteiger partial charge in [0.05, 0.1) is 6.20 Å². The van der Waals surface area contributed by atoms with Gasteiger partial charge in [-0.25, -0.2) is 0 Å². The summed E-state index contributed by atoms with van der Waals surface area (Å²) in [4.78, 5) is 38.1. The normalized spacial score (nSPS) is 16.0. The summed E-state index contributed by atoms with van der Waals surface area (Å²) >= 11 is 0. The van der Waals surface area contributed by atoms with Crippen LogP contribution in [-0.4, -0.2) is 45.5 Å². The van der Waals surface area contributed by atoms with Crippen LogP contribution in [-0.2, 0) is 22.7 Å². The monoisotopic (exact) mass is 383 g/mol. The highest BCUT2D eigenvalue weighted by Gasteiger charge is 2.27. The molecule has 1 fully saturated rings. The van der Waals surface area contributed by atoms with Gasteiger partial charge in [-0.3, -0.25) is 19.1 Å². The molecule has 1 unspecified atom stereocenters. The van der Waals surface area contributed by atoms with E-state index in [4.69, 9.17) is 0 Å². The molecule has 1 aliphatic heterocycles. The maximum Gasteiger partial charge on any atom is 0.253 e. The second-order valence-corrected chi connectivity index (χ2v) is 7.04. The van der Waals surface area contributed by atoms with Gasteiger partial charge in [-0.2, -0.15) is 5.10 Å². The summed E-state index contributed by atoms with van der Waals surface area (Å²) in [7, 11) is 1.73. The number of hydrogen-bond acceptors (Lipinski definition) is 4. The smallest absolute Gasteiger partial charge is 0.253 e. The minimum absolute atomic E-state index is 0.117. The highest BCUT2D eigenvalue weighted by molar-refractivity contribution is 6.01. The fraction of sp³-hybridized carbons (Fsp3) is 0.400. The maximum atomic E-state index is 12.8. The Morgan fingerprint density at radius 1 is 1.39 bits per heavy atom. The van der Waals surface area contributed by atoms with Crippen LogP contribution in [0.15, 0.2) is 30.6 Å². The van der Waals surface area contributed by atoms with E-state index in [1.165, 1.54) is 0 Å². The Morgan fingerprint density at radius 3 is 2.82 bits per heavy atom. The van der Waals surface area contributed by atoms with Crippen LogP contribution in [0.4, 0.5) is 5.69 Å². The number of carbonyl (C=O) groups excluding carboxylic acids is 3. The van der Waals surface area contributed by atoms with Crippen molar-refractivity contribution in [2.45, 2.75) is 45.8 Å². The molecule has 1 aromatic carbocycles. The van der Waals surface area contributed by atoms with E-state index in [9.17, 15) is 14.4 Å². The molecule has 2 N–H and O–H groups in total. The molecule has 0 saturated carbocycles. The zero-order chi connectivity index (χ0) is 20.3. The minimum atomic E-state index is -0.524. The lowest BCUT2D eigenvalue weighted by atomic mass is 10.1. The van der Waals surface area contributed by atoms with Crippen molar-refractivity contribution in [1.82, 2.24) is 20.0 Å². The van der Waals surface area contributed by atoms with Crippen LogP contribution in [0, 0.1) is 6.92 Å². The van der Waals surface area contributed by atoms with Gasteiger partial charge in [-0.15, -0.1) is 0 Å². The van der Waals surface area contributed by atoms with Crippen LogP contribution >= 0.6 is 0 Å². The molecule has 1 atom stereocenters. The van der Waals surface area contributed by atoms with Gasteiger partial charge in [0.15, 0.2) is 0 Å². The number of amides is 3. The summed E-state index contributed by atoms with van der Waals surface area (Å²) in [5.41, 5.74) is 2.86. The summed E-state index contributed by atoms with van der Waals surface area (Å²) in [5, 5.41) is 9.70. The van der Waals surface area contributed by atoms with Gasteiger partial charge in [0.1, 0.15) is 6.04 Å². The van der Waals surface area contributed by atoms with Crippen LogP contribution in [0.25, 0.3) is 0 Å². The highest BCUT2D eigenvalue weighted by Crippen LogP contribution is 2.20. The van der Waals surface area contributed by atoms with Gasteiger partial charge in [0.2, 0.25) is 11.8 Å². The van der Waals surface area contributed by atoms with Gasteiger partial charge in [-0.05, 0) is 38.0 Å². The van der Waals surface area contributed by atoms with E-state index in [1.807, 2.05) is 24.7 Å². The molecule has 0 spiro atoms. The number of nitrogens with zero attached hydrogens (tertiary/aromatic N) is 3. The summed E-state index contributed by atoms with van der Waals surface area (Å²) in [6, 6.07) is 4.71. The van der Waals surface area contributed by atoms with E-state index in [-0.39, 0.29) is 17.7 Å². The first-order valence-electron chi connectivity index (χ1n) is 9.35. The quantitative estimate of drug-likeness (QED) is 0.794. The molecule has 3 rings (SSSR count). The molecule has 1 aliphatic rings. The predicted molar refractivity (Wildman–Crippen MR) is 105 cm³/mol. The zero-order valence-electron chi connectivity index (χ0n) is 16.4. The summed E-state index contributed by atoms with van der Waals surface area (Å²) < 4.78 is 1.81. The Hall–Kier alpha value is -3.16. The molecule has 1 saturated heterocycles. The minimum Gasteiger partial charge on any atom is -0.344 e. The van der Waals surface area contributed by atoms with Gasteiger partial charge in [0.25, 0.3) is 5.91 Å². The van der Waals surface area contributed by atoms with Crippen molar-refractivity contribution < 1.29 is 14.4 Å². The fourth-order valence-corrected chi connectivity index (χ4v) is 3.15. The van der Waals surface area contributed by atoms with Gasteiger partial charge in [-0.1, -0.05) is 6.07 Å². The number of benzene rings is 1. The van der Waals surface area contributed by atoms with E-state index >= 15 is 0 Å². The molecular weight excluding hydrogens is 358 g/mol. The average molecular weight is 383 g/mol. The first-order valence-corrected chi connectivity index (χ1v) is 9.35. The second-order valence-electron chi connectivity index (χ2n) is 7.04. The number of carbonyl (C=O) groups is 3. The van der Waals surface area contributed by atoms with Gasteiger partial charge >= 0.3 is 0 Å². The molecule has 3 amide bonds. The zero-order valence-corrected chi connectivity index (χ0v) is 16.4. The van der Waals surface area contributed by atoms with Crippen LogP contribution in [0.1, 0.15) is 41.3 Å². The molecule has 148 valence electrons. The van der Waals surface area contributed by atoms with Crippen molar-refractivity contribution in [3.05, 3.63) is 47.3 Å². The van der Waals surface area contributed by atoms with Crippen LogP contribution in [0.3, 0.4) is 0 Å². The second kappa shape index (κ2) is 8.24. The molecule has 2 heterocycles. The number of anilines is 1. The Bertz CT molecular complexity index is 905.